The van der Waals surface area contributed by atoms with Crippen molar-refractivity contribution in [2.24, 2.45) is 4.99 Å². The van der Waals surface area contributed by atoms with Gasteiger partial charge in [-0.1, -0.05) is 18.2 Å². The molecular weight excluding hydrogens is 450 g/mol. The highest BCUT2D eigenvalue weighted by Gasteiger charge is 2.14. The van der Waals surface area contributed by atoms with Crippen LogP contribution in [0.4, 0.5) is 11.4 Å². The number of piperazine rings is 1. The highest BCUT2D eigenvalue weighted by molar-refractivity contribution is 6.04. The van der Waals surface area contributed by atoms with Gasteiger partial charge in [0, 0.05) is 62.8 Å². The topological polar surface area (TPSA) is 92.8 Å². The lowest BCUT2D eigenvalue weighted by atomic mass is 10.1. The molecule has 0 atom stereocenters. The third kappa shape index (κ3) is 6.02. The minimum absolute atomic E-state index is 0.111. The van der Waals surface area contributed by atoms with Crippen LogP contribution in [0, 0.1) is 6.92 Å². The second-order valence-corrected chi connectivity index (χ2v) is 9.19. The Bertz CT molecular complexity index is 1220. The van der Waals surface area contributed by atoms with Gasteiger partial charge in [0.1, 0.15) is 0 Å². The van der Waals surface area contributed by atoms with E-state index in [0.29, 0.717) is 18.1 Å². The summed E-state index contributed by atoms with van der Waals surface area (Å²) in [5.41, 5.74) is 6.72. The summed E-state index contributed by atoms with van der Waals surface area (Å²) in [5.74, 6) is 0.601. The Balaban J connectivity index is 1.19. The molecule has 2 aromatic rings. The molecule has 0 spiro atoms. The van der Waals surface area contributed by atoms with Crippen LogP contribution in [0.3, 0.4) is 0 Å². The van der Waals surface area contributed by atoms with Gasteiger partial charge in [0.2, 0.25) is 5.96 Å². The number of aliphatic imine (C=N–C) groups is 1. The zero-order valence-corrected chi connectivity index (χ0v) is 20.6. The molecule has 1 fully saturated rings. The van der Waals surface area contributed by atoms with Gasteiger partial charge in [0.15, 0.2) is 0 Å². The number of amides is 1. The average molecular weight is 484 g/mol. The molecule has 0 aliphatic carbocycles. The molecule has 3 aliphatic heterocycles. The molecule has 8 nitrogen and oxygen atoms in total. The Morgan fingerprint density at radius 2 is 1.94 bits per heavy atom. The van der Waals surface area contributed by atoms with Crippen molar-refractivity contribution in [3.8, 4) is 0 Å². The van der Waals surface area contributed by atoms with Crippen molar-refractivity contribution in [2.45, 2.75) is 13.5 Å². The Morgan fingerprint density at radius 3 is 2.69 bits per heavy atom. The SMILES string of the molecule is Cc1cc(NC(=O)c2ccc(CN3CCNCC3)cc2)ccc1NC1=NC(C2=CC=CNC2)=CCN1. The van der Waals surface area contributed by atoms with Crippen LogP contribution < -0.4 is 26.6 Å². The molecule has 0 radical (unpaired) electrons. The third-order valence-electron chi connectivity index (χ3n) is 6.50. The van der Waals surface area contributed by atoms with Crippen molar-refractivity contribution in [3.63, 3.8) is 0 Å². The van der Waals surface area contributed by atoms with E-state index in [1.54, 1.807) is 0 Å². The van der Waals surface area contributed by atoms with Gasteiger partial charge in [-0.2, -0.15) is 0 Å². The van der Waals surface area contributed by atoms with Crippen molar-refractivity contribution in [3.05, 3.63) is 94.9 Å². The number of rotatable bonds is 6. The molecule has 36 heavy (non-hydrogen) atoms. The van der Waals surface area contributed by atoms with Crippen molar-refractivity contribution in [2.75, 3.05) is 49.9 Å². The van der Waals surface area contributed by atoms with E-state index in [-0.39, 0.29) is 5.91 Å². The number of hydrogen-bond acceptors (Lipinski definition) is 7. The molecule has 5 rings (SSSR count). The normalized spacial score (nSPS) is 17.8. The van der Waals surface area contributed by atoms with Crippen molar-refractivity contribution in [1.82, 2.24) is 20.9 Å². The summed E-state index contributed by atoms with van der Waals surface area (Å²) in [6.45, 7) is 8.59. The van der Waals surface area contributed by atoms with Gasteiger partial charge < -0.3 is 26.6 Å². The number of carbonyl (C=O) groups is 1. The molecule has 5 N–H and O–H groups in total. The number of carbonyl (C=O) groups excluding carboxylic acids is 1. The van der Waals surface area contributed by atoms with E-state index < -0.39 is 0 Å². The molecule has 0 unspecified atom stereocenters. The van der Waals surface area contributed by atoms with Gasteiger partial charge in [-0.05, 0) is 72.3 Å². The second-order valence-electron chi connectivity index (χ2n) is 9.19. The number of nitrogens with zero attached hydrogens (tertiary/aromatic N) is 2. The average Bonchev–Trinajstić information content (AvgIpc) is 2.92. The van der Waals surface area contributed by atoms with E-state index >= 15 is 0 Å². The van der Waals surface area contributed by atoms with Crippen LogP contribution in [0.5, 0.6) is 0 Å². The monoisotopic (exact) mass is 483 g/mol. The summed E-state index contributed by atoms with van der Waals surface area (Å²) >= 11 is 0. The fraction of sp³-hybridized carbons (Fsp3) is 0.286. The lowest BCUT2D eigenvalue weighted by Gasteiger charge is -2.27. The van der Waals surface area contributed by atoms with E-state index in [1.165, 1.54) is 5.56 Å². The number of aryl methyl sites for hydroxylation is 1. The first-order chi connectivity index (χ1) is 17.6. The Labute approximate surface area is 212 Å². The van der Waals surface area contributed by atoms with Gasteiger partial charge >= 0.3 is 0 Å². The predicted molar refractivity (Wildman–Crippen MR) is 146 cm³/mol. The molecule has 0 bridgehead atoms. The molecule has 186 valence electrons. The number of guanidine groups is 1. The molecule has 2 aromatic carbocycles. The first-order valence-electron chi connectivity index (χ1n) is 12.5. The van der Waals surface area contributed by atoms with Crippen molar-refractivity contribution >= 4 is 23.2 Å². The van der Waals surface area contributed by atoms with Crippen LogP contribution in [0.2, 0.25) is 0 Å². The van der Waals surface area contributed by atoms with Gasteiger partial charge in [0.25, 0.3) is 5.91 Å². The zero-order chi connectivity index (χ0) is 24.7. The van der Waals surface area contributed by atoms with Gasteiger partial charge in [-0.25, -0.2) is 4.99 Å². The number of hydrogen-bond donors (Lipinski definition) is 5. The van der Waals surface area contributed by atoms with Gasteiger partial charge in [0.05, 0.1) is 5.70 Å². The van der Waals surface area contributed by atoms with Gasteiger partial charge in [-0.3, -0.25) is 9.69 Å². The zero-order valence-electron chi connectivity index (χ0n) is 20.6. The van der Waals surface area contributed by atoms with E-state index in [0.717, 1.165) is 67.5 Å². The maximum Gasteiger partial charge on any atom is 0.255 e. The van der Waals surface area contributed by atoms with E-state index in [9.17, 15) is 4.79 Å². The maximum absolute atomic E-state index is 12.8. The summed E-state index contributed by atoms with van der Waals surface area (Å²) < 4.78 is 0. The number of allylic oxidation sites excluding steroid dienone is 2. The summed E-state index contributed by atoms with van der Waals surface area (Å²) in [6.07, 6.45) is 8.09. The Hall–Kier alpha value is -3.88. The molecule has 1 amide bonds. The third-order valence-corrected chi connectivity index (χ3v) is 6.50. The molecule has 1 saturated heterocycles. The minimum atomic E-state index is -0.111. The van der Waals surface area contributed by atoms with E-state index in [2.05, 4.69) is 43.6 Å². The standard InChI is InChI=1S/C28H33N7O/c1-20-17-24(32-27(36)22-6-4-21(5-7-22)19-35-15-13-29-14-16-35)8-9-25(20)33-28-31-12-10-26(34-28)23-3-2-11-30-18-23/h2-11,17,29-30H,12-16,18-19H2,1H3,(H,32,36)(H2,31,33,34). The minimum Gasteiger partial charge on any atom is -0.387 e. The summed E-state index contributed by atoms with van der Waals surface area (Å²) in [6, 6.07) is 13.7. The van der Waals surface area contributed by atoms with Crippen LogP contribution >= 0.6 is 0 Å². The Kier molecular flexibility index (Phi) is 7.44. The van der Waals surface area contributed by atoms with Crippen molar-refractivity contribution < 1.29 is 4.79 Å². The highest BCUT2D eigenvalue weighted by Crippen LogP contribution is 2.22. The van der Waals surface area contributed by atoms with Crippen LogP contribution in [-0.2, 0) is 6.54 Å². The fourth-order valence-electron chi connectivity index (χ4n) is 4.46. The lowest BCUT2D eigenvalue weighted by Crippen LogP contribution is -2.42. The van der Waals surface area contributed by atoms with E-state index in [4.69, 9.17) is 4.99 Å². The second kappa shape index (κ2) is 11.2. The molecule has 0 aromatic heterocycles. The molecule has 3 aliphatic rings. The molecule has 8 heteroatoms. The first kappa shape index (κ1) is 23.8. The lowest BCUT2D eigenvalue weighted by molar-refractivity contribution is 0.102. The van der Waals surface area contributed by atoms with Crippen LogP contribution in [-0.4, -0.2) is 56.0 Å². The number of anilines is 2. The van der Waals surface area contributed by atoms with Crippen LogP contribution in [0.25, 0.3) is 0 Å². The fourth-order valence-corrected chi connectivity index (χ4v) is 4.46. The number of nitrogens with one attached hydrogen (secondary N) is 5. The molecular formula is C28H33N7O. The number of dihydropyridines is 1. The predicted octanol–water partition coefficient (Wildman–Crippen LogP) is 2.95. The highest BCUT2D eigenvalue weighted by atomic mass is 16.1. The smallest absolute Gasteiger partial charge is 0.255 e. The van der Waals surface area contributed by atoms with Crippen molar-refractivity contribution in [1.29, 1.82) is 0 Å². The Morgan fingerprint density at radius 1 is 1.11 bits per heavy atom. The summed E-state index contributed by atoms with van der Waals surface area (Å²) in [5, 5.41) is 16.3. The maximum atomic E-state index is 12.8. The van der Waals surface area contributed by atoms with Gasteiger partial charge in [-0.15, -0.1) is 0 Å². The first-order valence-corrected chi connectivity index (χ1v) is 12.5. The number of benzene rings is 2. The largest absolute Gasteiger partial charge is 0.387 e. The molecule has 3 heterocycles. The van der Waals surface area contributed by atoms with Crippen LogP contribution in [0.1, 0.15) is 21.5 Å². The van der Waals surface area contributed by atoms with E-state index in [1.807, 2.05) is 61.7 Å². The van der Waals surface area contributed by atoms with Crippen LogP contribution in [0.15, 0.2) is 83.2 Å². The quantitative estimate of drug-likeness (QED) is 0.434. The summed E-state index contributed by atoms with van der Waals surface area (Å²) in [7, 11) is 0. The summed E-state index contributed by atoms with van der Waals surface area (Å²) in [4.78, 5) is 20.0. The molecule has 0 saturated carbocycles.